The maximum atomic E-state index is 12.9. The van der Waals surface area contributed by atoms with Crippen molar-refractivity contribution in [2.24, 2.45) is 21.5 Å². The van der Waals surface area contributed by atoms with E-state index in [0.29, 0.717) is 23.6 Å². The molecule has 2 aliphatic rings. The van der Waals surface area contributed by atoms with Crippen LogP contribution in [0.5, 0.6) is 0 Å². The van der Waals surface area contributed by atoms with Crippen molar-refractivity contribution in [2.75, 3.05) is 9.62 Å². The molecule has 0 bridgehead atoms. The van der Waals surface area contributed by atoms with Crippen molar-refractivity contribution >= 4 is 56.5 Å². The molecule has 1 fully saturated rings. The van der Waals surface area contributed by atoms with E-state index < -0.39 is 15.7 Å². The second kappa shape index (κ2) is 8.46. The number of nitrogens with zero attached hydrogens (tertiary/aromatic N) is 3. The minimum absolute atomic E-state index is 0.117. The molecular weight excluding hydrogens is 471 g/mol. The number of anilines is 2. The standard InChI is InChI=1S/C21H24Cl2N6O2S/c1-13-5-7-14(8-6-13)32(30,31)28-17-12-18(16(23)11-15(17)22)29-20(25)26-19(24)27-21(29)9-3-2-4-10-21/h5-8,11-12,28H,2-4,9-10H2,1H3,(H4,24,25,26,27). The van der Waals surface area contributed by atoms with Gasteiger partial charge in [0.1, 0.15) is 5.66 Å². The van der Waals surface area contributed by atoms with Crippen molar-refractivity contribution in [3.05, 3.63) is 52.0 Å². The van der Waals surface area contributed by atoms with Crippen molar-refractivity contribution in [1.29, 1.82) is 0 Å². The first-order valence-corrected chi connectivity index (χ1v) is 12.4. The molecule has 1 spiro atoms. The number of aryl methyl sites for hydroxylation is 1. The van der Waals surface area contributed by atoms with E-state index in [1.807, 2.05) is 6.92 Å². The van der Waals surface area contributed by atoms with E-state index in [1.54, 1.807) is 23.1 Å². The molecule has 32 heavy (non-hydrogen) atoms. The predicted octanol–water partition coefficient (Wildman–Crippen LogP) is 4.21. The van der Waals surface area contributed by atoms with E-state index in [2.05, 4.69) is 14.7 Å². The molecule has 8 nitrogen and oxygen atoms in total. The minimum atomic E-state index is -3.87. The van der Waals surface area contributed by atoms with Gasteiger partial charge in [0, 0.05) is 0 Å². The Morgan fingerprint density at radius 2 is 1.69 bits per heavy atom. The molecule has 1 aliphatic heterocycles. The molecule has 2 aromatic rings. The normalized spacial score (nSPS) is 18.3. The Bertz CT molecular complexity index is 1210. The Balaban J connectivity index is 1.77. The molecular formula is C21H24Cl2N6O2S. The average Bonchev–Trinajstić information content (AvgIpc) is 2.71. The fourth-order valence-electron chi connectivity index (χ4n) is 4.18. The molecule has 1 saturated carbocycles. The third-order valence-corrected chi connectivity index (χ3v) is 7.70. The van der Waals surface area contributed by atoms with E-state index in [9.17, 15) is 8.42 Å². The van der Waals surface area contributed by atoms with Crippen LogP contribution in [0.15, 0.2) is 51.3 Å². The molecule has 0 amide bonds. The van der Waals surface area contributed by atoms with E-state index in [4.69, 9.17) is 34.7 Å². The number of hydrogen-bond donors (Lipinski definition) is 3. The number of hydrogen-bond acceptors (Lipinski definition) is 7. The zero-order valence-corrected chi connectivity index (χ0v) is 19.8. The van der Waals surface area contributed by atoms with Gasteiger partial charge < -0.3 is 11.5 Å². The van der Waals surface area contributed by atoms with Crippen LogP contribution in [0.1, 0.15) is 37.7 Å². The monoisotopic (exact) mass is 494 g/mol. The van der Waals surface area contributed by atoms with Crippen LogP contribution in [0.3, 0.4) is 0 Å². The molecule has 4 rings (SSSR count). The second-order valence-electron chi connectivity index (χ2n) is 8.02. The van der Waals surface area contributed by atoms with E-state index >= 15 is 0 Å². The van der Waals surface area contributed by atoms with Gasteiger partial charge in [-0.1, -0.05) is 47.3 Å². The zero-order valence-electron chi connectivity index (χ0n) is 17.5. The van der Waals surface area contributed by atoms with Crippen LogP contribution in [0.2, 0.25) is 10.0 Å². The SMILES string of the molecule is Cc1ccc(S(=O)(=O)Nc2cc(N3C(N)=NC(N)=NC34CCCCC4)c(Cl)cc2Cl)cc1. The first-order chi connectivity index (χ1) is 15.1. The van der Waals surface area contributed by atoms with Crippen LogP contribution in [0.4, 0.5) is 11.4 Å². The lowest BCUT2D eigenvalue weighted by atomic mass is 9.87. The summed E-state index contributed by atoms with van der Waals surface area (Å²) in [6.07, 6.45) is 4.40. The molecule has 0 unspecified atom stereocenters. The lowest BCUT2D eigenvalue weighted by Crippen LogP contribution is -2.58. The maximum Gasteiger partial charge on any atom is 0.261 e. The number of halogens is 2. The summed E-state index contributed by atoms with van der Waals surface area (Å²) in [4.78, 5) is 10.6. The van der Waals surface area contributed by atoms with Gasteiger partial charge in [-0.25, -0.2) is 13.4 Å². The topological polar surface area (TPSA) is 126 Å². The van der Waals surface area contributed by atoms with Gasteiger partial charge in [-0.3, -0.25) is 9.62 Å². The van der Waals surface area contributed by atoms with Gasteiger partial charge in [-0.05, 0) is 56.9 Å². The van der Waals surface area contributed by atoms with Crippen LogP contribution >= 0.6 is 23.2 Å². The maximum absolute atomic E-state index is 12.9. The highest BCUT2D eigenvalue weighted by Crippen LogP contribution is 2.44. The van der Waals surface area contributed by atoms with Gasteiger partial charge in [0.25, 0.3) is 10.0 Å². The summed E-state index contributed by atoms with van der Waals surface area (Å²) >= 11 is 12.9. The fourth-order valence-corrected chi connectivity index (χ4v) is 5.82. The summed E-state index contributed by atoms with van der Waals surface area (Å²) in [5.74, 6) is 0.266. The first-order valence-electron chi connectivity index (χ1n) is 10.2. The smallest absolute Gasteiger partial charge is 0.261 e. The fraction of sp³-hybridized carbons (Fsp3) is 0.333. The van der Waals surface area contributed by atoms with Crippen molar-refractivity contribution in [3.8, 4) is 0 Å². The highest BCUT2D eigenvalue weighted by atomic mass is 35.5. The lowest BCUT2D eigenvalue weighted by Gasteiger charge is -2.46. The zero-order chi connectivity index (χ0) is 23.1. The Kier molecular flexibility index (Phi) is 6.00. The summed E-state index contributed by atoms with van der Waals surface area (Å²) in [5.41, 5.74) is 13.1. The van der Waals surface area contributed by atoms with Crippen LogP contribution in [-0.2, 0) is 10.0 Å². The number of nitrogens with one attached hydrogen (secondary N) is 1. The van der Waals surface area contributed by atoms with Crippen molar-refractivity contribution in [1.82, 2.24) is 0 Å². The Morgan fingerprint density at radius 3 is 2.34 bits per heavy atom. The second-order valence-corrected chi connectivity index (χ2v) is 10.5. The molecule has 0 radical (unpaired) electrons. The summed E-state index contributed by atoms with van der Waals surface area (Å²) in [6.45, 7) is 1.88. The van der Waals surface area contributed by atoms with Crippen LogP contribution in [-0.4, -0.2) is 26.0 Å². The molecule has 0 saturated heterocycles. The van der Waals surface area contributed by atoms with Crippen molar-refractivity contribution < 1.29 is 8.42 Å². The van der Waals surface area contributed by atoms with Gasteiger partial charge in [0.15, 0.2) is 0 Å². The molecule has 170 valence electrons. The number of guanidine groups is 2. The summed E-state index contributed by atoms with van der Waals surface area (Å²) in [7, 11) is -3.87. The first kappa shape index (κ1) is 22.7. The summed E-state index contributed by atoms with van der Waals surface area (Å²) < 4.78 is 28.4. The van der Waals surface area contributed by atoms with E-state index in [0.717, 1.165) is 24.8 Å². The average molecular weight is 495 g/mol. The van der Waals surface area contributed by atoms with E-state index in [-0.39, 0.29) is 27.5 Å². The largest absolute Gasteiger partial charge is 0.369 e. The summed E-state index contributed by atoms with van der Waals surface area (Å²) in [6, 6.07) is 9.56. The Labute approximate surface area is 197 Å². The van der Waals surface area contributed by atoms with Crippen molar-refractivity contribution in [3.63, 3.8) is 0 Å². The van der Waals surface area contributed by atoms with Gasteiger partial charge in [-0.15, -0.1) is 0 Å². The lowest BCUT2D eigenvalue weighted by molar-refractivity contribution is 0.305. The number of rotatable bonds is 4. The van der Waals surface area contributed by atoms with Gasteiger partial charge >= 0.3 is 0 Å². The minimum Gasteiger partial charge on any atom is -0.369 e. The molecule has 11 heteroatoms. The van der Waals surface area contributed by atoms with Gasteiger partial charge in [-0.2, -0.15) is 4.99 Å². The van der Waals surface area contributed by atoms with Crippen LogP contribution in [0, 0.1) is 6.92 Å². The number of nitrogens with two attached hydrogens (primary N) is 2. The summed E-state index contributed by atoms with van der Waals surface area (Å²) in [5, 5.41) is 0.453. The highest BCUT2D eigenvalue weighted by molar-refractivity contribution is 7.92. The third-order valence-electron chi connectivity index (χ3n) is 5.70. The molecule has 0 aromatic heterocycles. The molecule has 2 aromatic carbocycles. The van der Waals surface area contributed by atoms with Gasteiger partial charge in [0.2, 0.25) is 11.9 Å². The quantitative estimate of drug-likeness (QED) is 0.586. The molecule has 0 atom stereocenters. The molecule has 1 heterocycles. The molecule has 1 aliphatic carbocycles. The van der Waals surface area contributed by atoms with Crippen molar-refractivity contribution in [2.45, 2.75) is 49.6 Å². The Hall–Kier alpha value is -2.49. The number of aliphatic imine (C=N–C) groups is 2. The highest BCUT2D eigenvalue weighted by Gasteiger charge is 2.43. The predicted molar refractivity (Wildman–Crippen MR) is 130 cm³/mol. The number of sulfonamides is 1. The molecule has 5 N–H and O–H groups in total. The van der Waals surface area contributed by atoms with Crippen LogP contribution in [0.25, 0.3) is 0 Å². The van der Waals surface area contributed by atoms with Gasteiger partial charge in [0.05, 0.1) is 26.3 Å². The van der Waals surface area contributed by atoms with E-state index in [1.165, 1.54) is 18.2 Å². The number of benzene rings is 2. The Morgan fingerprint density at radius 1 is 1.03 bits per heavy atom. The third kappa shape index (κ3) is 4.24. The van der Waals surface area contributed by atoms with Crippen LogP contribution < -0.4 is 21.1 Å².